The van der Waals surface area contributed by atoms with E-state index in [9.17, 15) is 4.79 Å². The second-order valence-electron chi connectivity index (χ2n) is 3.90. The molecule has 0 atom stereocenters. The zero-order valence-corrected chi connectivity index (χ0v) is 10.7. The molecule has 17 heavy (non-hydrogen) atoms. The van der Waals surface area contributed by atoms with Crippen molar-refractivity contribution < 1.29 is 19.0 Å². The molecule has 0 radical (unpaired) electrons. The van der Waals surface area contributed by atoms with Gasteiger partial charge >= 0.3 is 0 Å². The Hall–Kier alpha value is -1.55. The smallest absolute Gasteiger partial charge is 0.189 e. The Morgan fingerprint density at radius 3 is 2.29 bits per heavy atom. The molecule has 1 aromatic carbocycles. The number of Topliss-reactive ketones (excluding diaryl/α,β-unsaturated/α-hetero) is 1. The Balaban J connectivity index is 2.62. The summed E-state index contributed by atoms with van der Waals surface area (Å²) in [6.45, 7) is 5.51. The standard InChI is InChI=1S/C13H18O4/c1-9-5-12(15-4)6-10(2)13(9)17-8-16-7-11(3)14/h5-6H,7-8H2,1-4H3. The van der Waals surface area contributed by atoms with Gasteiger partial charge in [-0.3, -0.25) is 4.79 Å². The molecule has 4 heteroatoms. The zero-order chi connectivity index (χ0) is 12.8. The van der Waals surface area contributed by atoms with Crippen LogP contribution in [0.2, 0.25) is 0 Å². The Morgan fingerprint density at radius 2 is 1.82 bits per heavy atom. The van der Waals surface area contributed by atoms with Gasteiger partial charge in [0.2, 0.25) is 0 Å². The zero-order valence-electron chi connectivity index (χ0n) is 10.7. The number of rotatable bonds is 6. The van der Waals surface area contributed by atoms with Crippen molar-refractivity contribution in [3.05, 3.63) is 23.3 Å². The first-order valence-corrected chi connectivity index (χ1v) is 5.39. The molecule has 0 aliphatic rings. The van der Waals surface area contributed by atoms with E-state index in [1.807, 2.05) is 26.0 Å². The topological polar surface area (TPSA) is 44.8 Å². The molecule has 0 saturated heterocycles. The van der Waals surface area contributed by atoms with E-state index in [4.69, 9.17) is 14.2 Å². The molecule has 94 valence electrons. The predicted molar refractivity (Wildman–Crippen MR) is 64.6 cm³/mol. The van der Waals surface area contributed by atoms with Crippen LogP contribution in [0.3, 0.4) is 0 Å². The van der Waals surface area contributed by atoms with Gasteiger partial charge in [-0.1, -0.05) is 0 Å². The Labute approximate surface area is 101 Å². The van der Waals surface area contributed by atoms with Crippen molar-refractivity contribution in [3.8, 4) is 11.5 Å². The summed E-state index contributed by atoms with van der Waals surface area (Å²) in [5.74, 6) is 1.56. The van der Waals surface area contributed by atoms with Crippen LogP contribution in [0.25, 0.3) is 0 Å². The minimum atomic E-state index is -0.0169. The molecule has 0 aliphatic carbocycles. The van der Waals surface area contributed by atoms with Crippen LogP contribution in [-0.2, 0) is 9.53 Å². The number of methoxy groups -OCH3 is 1. The minimum absolute atomic E-state index is 0.0169. The first-order chi connectivity index (χ1) is 8.04. The van der Waals surface area contributed by atoms with Crippen molar-refractivity contribution in [2.24, 2.45) is 0 Å². The van der Waals surface area contributed by atoms with E-state index >= 15 is 0 Å². The lowest BCUT2D eigenvalue weighted by molar-refractivity contribution is -0.124. The number of benzene rings is 1. The van der Waals surface area contributed by atoms with Crippen LogP contribution in [-0.4, -0.2) is 26.3 Å². The highest BCUT2D eigenvalue weighted by atomic mass is 16.7. The quantitative estimate of drug-likeness (QED) is 0.563. The highest BCUT2D eigenvalue weighted by Crippen LogP contribution is 2.28. The SMILES string of the molecule is COc1cc(C)c(OCOCC(C)=O)c(C)c1. The molecule has 0 saturated carbocycles. The Morgan fingerprint density at radius 1 is 1.24 bits per heavy atom. The van der Waals surface area contributed by atoms with Crippen LogP contribution in [0.4, 0.5) is 0 Å². The number of hydrogen-bond donors (Lipinski definition) is 0. The minimum Gasteiger partial charge on any atom is -0.497 e. The fourth-order valence-electron chi connectivity index (χ4n) is 1.54. The van der Waals surface area contributed by atoms with Crippen molar-refractivity contribution >= 4 is 5.78 Å². The molecule has 1 aromatic rings. The molecular weight excluding hydrogens is 220 g/mol. The highest BCUT2D eigenvalue weighted by Gasteiger charge is 2.06. The molecule has 0 aromatic heterocycles. The third-order valence-electron chi connectivity index (χ3n) is 2.26. The maximum atomic E-state index is 10.7. The normalized spacial score (nSPS) is 10.1. The van der Waals surface area contributed by atoms with Gasteiger partial charge in [-0.15, -0.1) is 0 Å². The molecule has 4 nitrogen and oxygen atoms in total. The van der Waals surface area contributed by atoms with Crippen LogP contribution < -0.4 is 9.47 Å². The molecule has 0 spiro atoms. The van der Waals surface area contributed by atoms with Crippen molar-refractivity contribution in [2.45, 2.75) is 20.8 Å². The summed E-state index contributed by atoms with van der Waals surface area (Å²) in [6, 6.07) is 3.79. The van der Waals surface area contributed by atoms with Crippen molar-refractivity contribution in [3.63, 3.8) is 0 Å². The summed E-state index contributed by atoms with van der Waals surface area (Å²) in [5, 5.41) is 0. The summed E-state index contributed by atoms with van der Waals surface area (Å²) in [4.78, 5) is 10.7. The van der Waals surface area contributed by atoms with Crippen LogP contribution in [0, 0.1) is 13.8 Å². The lowest BCUT2D eigenvalue weighted by atomic mass is 10.1. The largest absolute Gasteiger partial charge is 0.497 e. The first kappa shape index (κ1) is 13.5. The number of hydrogen-bond acceptors (Lipinski definition) is 4. The van der Waals surface area contributed by atoms with Crippen LogP contribution >= 0.6 is 0 Å². The molecule has 0 amide bonds. The third-order valence-corrected chi connectivity index (χ3v) is 2.26. The second kappa shape index (κ2) is 6.25. The summed E-state index contributed by atoms with van der Waals surface area (Å²) in [5.41, 5.74) is 1.96. The maximum Gasteiger partial charge on any atom is 0.189 e. The third kappa shape index (κ3) is 4.07. The average Bonchev–Trinajstić information content (AvgIpc) is 2.26. The van der Waals surface area contributed by atoms with Crippen molar-refractivity contribution in [1.29, 1.82) is 0 Å². The van der Waals surface area contributed by atoms with Gasteiger partial charge in [0.15, 0.2) is 12.6 Å². The van der Waals surface area contributed by atoms with Crippen LogP contribution in [0.1, 0.15) is 18.1 Å². The molecule has 0 unspecified atom stereocenters. The lowest BCUT2D eigenvalue weighted by Crippen LogP contribution is -2.10. The molecular formula is C13H18O4. The molecule has 1 rings (SSSR count). The van der Waals surface area contributed by atoms with Crippen molar-refractivity contribution in [2.75, 3.05) is 20.5 Å². The van der Waals surface area contributed by atoms with Gasteiger partial charge in [-0.25, -0.2) is 0 Å². The van der Waals surface area contributed by atoms with Crippen molar-refractivity contribution in [1.82, 2.24) is 0 Å². The average molecular weight is 238 g/mol. The fraction of sp³-hybridized carbons (Fsp3) is 0.462. The van der Waals surface area contributed by atoms with E-state index in [2.05, 4.69) is 0 Å². The number of carbonyl (C=O) groups is 1. The van der Waals surface area contributed by atoms with Crippen LogP contribution in [0.5, 0.6) is 11.5 Å². The van der Waals surface area contributed by atoms with Gasteiger partial charge in [0.1, 0.15) is 18.1 Å². The van der Waals surface area contributed by atoms with E-state index in [1.54, 1.807) is 7.11 Å². The van der Waals surface area contributed by atoms with Gasteiger partial charge in [0, 0.05) is 0 Å². The van der Waals surface area contributed by atoms with E-state index in [-0.39, 0.29) is 19.2 Å². The van der Waals surface area contributed by atoms with E-state index in [0.29, 0.717) is 0 Å². The molecule has 0 N–H and O–H groups in total. The highest BCUT2D eigenvalue weighted by molar-refractivity contribution is 5.76. The van der Waals surface area contributed by atoms with Gasteiger partial charge in [-0.05, 0) is 44.0 Å². The molecule has 0 bridgehead atoms. The number of ketones is 1. The summed E-state index contributed by atoms with van der Waals surface area (Å²) in [7, 11) is 1.63. The fourth-order valence-corrected chi connectivity index (χ4v) is 1.54. The number of aryl methyl sites for hydroxylation is 2. The van der Waals surface area contributed by atoms with E-state index < -0.39 is 0 Å². The molecule has 0 heterocycles. The number of carbonyl (C=O) groups excluding carboxylic acids is 1. The second-order valence-corrected chi connectivity index (χ2v) is 3.90. The Bertz CT molecular complexity index is 375. The van der Waals surface area contributed by atoms with Crippen LogP contribution in [0.15, 0.2) is 12.1 Å². The molecule has 0 aliphatic heterocycles. The Kier molecular flexibility index (Phi) is 4.97. The van der Waals surface area contributed by atoms with Gasteiger partial charge in [0.25, 0.3) is 0 Å². The van der Waals surface area contributed by atoms with Gasteiger partial charge < -0.3 is 14.2 Å². The lowest BCUT2D eigenvalue weighted by Gasteiger charge is -2.13. The summed E-state index contributed by atoms with van der Waals surface area (Å²) < 4.78 is 15.7. The summed E-state index contributed by atoms with van der Waals surface area (Å²) >= 11 is 0. The van der Waals surface area contributed by atoms with E-state index in [0.717, 1.165) is 22.6 Å². The van der Waals surface area contributed by atoms with Gasteiger partial charge in [0.05, 0.1) is 7.11 Å². The maximum absolute atomic E-state index is 10.7. The monoisotopic (exact) mass is 238 g/mol. The molecule has 0 fully saturated rings. The summed E-state index contributed by atoms with van der Waals surface area (Å²) in [6.07, 6.45) is 0. The van der Waals surface area contributed by atoms with E-state index in [1.165, 1.54) is 6.92 Å². The first-order valence-electron chi connectivity index (χ1n) is 5.39. The number of ether oxygens (including phenoxy) is 3. The van der Waals surface area contributed by atoms with Gasteiger partial charge in [-0.2, -0.15) is 0 Å². The predicted octanol–water partition coefficient (Wildman–Crippen LogP) is 2.25.